The molecule has 0 aliphatic carbocycles. The highest BCUT2D eigenvalue weighted by Crippen LogP contribution is 2.25. The quantitative estimate of drug-likeness (QED) is 0.466. The van der Waals surface area contributed by atoms with Gasteiger partial charge in [-0.1, -0.05) is 48.9 Å². The third-order valence-electron chi connectivity index (χ3n) is 4.66. The van der Waals surface area contributed by atoms with Crippen molar-refractivity contribution in [3.8, 4) is 0 Å². The Labute approximate surface area is 168 Å². The van der Waals surface area contributed by atoms with Crippen LogP contribution in [0.1, 0.15) is 42.6 Å². The van der Waals surface area contributed by atoms with Gasteiger partial charge in [0, 0.05) is 35.6 Å². The standard InChI is InChI=1S/C22H26N2S.ClH/c1-17(6-5-9-22(25)19-7-3-2-4-8-19)24-15-18-10-11-21-16-23-13-12-20(21)14-18;/h2-4,7-8,10-14,16-17,22,24-25H,5-6,9,15H2,1H3;1H/t17-,22?;/m1./s1. The van der Waals surface area contributed by atoms with Crippen LogP contribution in [0.5, 0.6) is 0 Å². The van der Waals surface area contributed by atoms with Crippen LogP contribution < -0.4 is 5.32 Å². The van der Waals surface area contributed by atoms with Gasteiger partial charge in [0.05, 0.1) is 0 Å². The summed E-state index contributed by atoms with van der Waals surface area (Å²) in [6, 6.07) is 19.7. The molecule has 0 aliphatic rings. The molecule has 26 heavy (non-hydrogen) atoms. The first kappa shape index (κ1) is 20.8. The van der Waals surface area contributed by atoms with Crippen molar-refractivity contribution in [2.45, 2.75) is 44.0 Å². The Bertz CT molecular complexity index is 794. The van der Waals surface area contributed by atoms with Crippen LogP contribution >= 0.6 is 25.0 Å². The Morgan fingerprint density at radius 3 is 2.62 bits per heavy atom. The van der Waals surface area contributed by atoms with Crippen molar-refractivity contribution >= 4 is 35.8 Å². The van der Waals surface area contributed by atoms with Crippen LogP contribution in [0.3, 0.4) is 0 Å². The van der Waals surface area contributed by atoms with Crippen molar-refractivity contribution in [3.63, 3.8) is 0 Å². The van der Waals surface area contributed by atoms with Gasteiger partial charge in [-0.05, 0) is 48.4 Å². The van der Waals surface area contributed by atoms with E-state index in [0.29, 0.717) is 11.3 Å². The average Bonchev–Trinajstić information content (AvgIpc) is 2.67. The Morgan fingerprint density at radius 1 is 1.00 bits per heavy atom. The maximum atomic E-state index is 4.74. The summed E-state index contributed by atoms with van der Waals surface area (Å²) in [6.07, 6.45) is 7.22. The van der Waals surface area contributed by atoms with Gasteiger partial charge in [-0.25, -0.2) is 0 Å². The number of pyridine rings is 1. The topological polar surface area (TPSA) is 24.9 Å². The van der Waals surface area contributed by atoms with Crippen molar-refractivity contribution in [2.75, 3.05) is 0 Å². The van der Waals surface area contributed by atoms with Crippen molar-refractivity contribution in [1.82, 2.24) is 10.3 Å². The smallest absolute Gasteiger partial charge is 0.0346 e. The fourth-order valence-electron chi connectivity index (χ4n) is 3.10. The lowest BCUT2D eigenvalue weighted by molar-refractivity contribution is 0.488. The lowest BCUT2D eigenvalue weighted by atomic mass is 10.0. The summed E-state index contributed by atoms with van der Waals surface area (Å²) in [7, 11) is 0. The van der Waals surface area contributed by atoms with E-state index in [-0.39, 0.29) is 12.4 Å². The van der Waals surface area contributed by atoms with Crippen LogP contribution in [0.4, 0.5) is 0 Å². The molecule has 138 valence electrons. The highest BCUT2D eigenvalue weighted by atomic mass is 35.5. The SMILES string of the molecule is C[C@H](CCCC(S)c1ccccc1)NCc1ccc2cnccc2c1.Cl. The molecule has 3 rings (SSSR count). The van der Waals surface area contributed by atoms with Gasteiger partial charge in [0.25, 0.3) is 0 Å². The number of nitrogens with one attached hydrogen (secondary N) is 1. The number of hydrogen-bond donors (Lipinski definition) is 2. The molecule has 0 aliphatic heterocycles. The first-order chi connectivity index (χ1) is 12.2. The van der Waals surface area contributed by atoms with Gasteiger partial charge in [-0.15, -0.1) is 12.4 Å². The highest BCUT2D eigenvalue weighted by Gasteiger charge is 2.08. The first-order valence-corrected chi connectivity index (χ1v) is 9.53. The third-order valence-corrected chi connectivity index (χ3v) is 5.22. The molecular weight excluding hydrogens is 360 g/mol. The van der Waals surface area contributed by atoms with Crippen LogP contribution in [-0.4, -0.2) is 11.0 Å². The normalized spacial score (nSPS) is 13.2. The zero-order chi connectivity index (χ0) is 17.5. The largest absolute Gasteiger partial charge is 0.310 e. The second kappa shape index (κ2) is 10.6. The summed E-state index contributed by atoms with van der Waals surface area (Å²) < 4.78 is 0. The average molecular weight is 387 g/mol. The lowest BCUT2D eigenvalue weighted by Crippen LogP contribution is -2.25. The molecule has 2 aromatic carbocycles. The summed E-state index contributed by atoms with van der Waals surface area (Å²) in [6.45, 7) is 3.17. The maximum absolute atomic E-state index is 4.74. The van der Waals surface area contributed by atoms with E-state index in [1.54, 1.807) is 0 Å². The monoisotopic (exact) mass is 386 g/mol. The third kappa shape index (κ3) is 6.01. The summed E-state index contributed by atoms with van der Waals surface area (Å²) in [5.74, 6) is 0. The zero-order valence-electron chi connectivity index (χ0n) is 15.1. The van der Waals surface area contributed by atoms with Gasteiger partial charge in [0.15, 0.2) is 0 Å². The number of halogens is 1. The molecule has 1 unspecified atom stereocenters. The predicted molar refractivity (Wildman–Crippen MR) is 117 cm³/mol. The lowest BCUT2D eigenvalue weighted by Gasteiger charge is -2.16. The van der Waals surface area contributed by atoms with E-state index < -0.39 is 0 Å². The van der Waals surface area contributed by atoms with Crippen molar-refractivity contribution in [2.24, 2.45) is 0 Å². The predicted octanol–water partition coefficient (Wildman–Crippen LogP) is 5.98. The molecular formula is C22H27ClN2S. The highest BCUT2D eigenvalue weighted by molar-refractivity contribution is 7.80. The number of thiol groups is 1. The van der Waals surface area contributed by atoms with E-state index in [9.17, 15) is 0 Å². The molecule has 4 heteroatoms. The summed E-state index contributed by atoms with van der Waals surface area (Å²) in [4.78, 5) is 4.16. The van der Waals surface area contributed by atoms with Gasteiger partial charge >= 0.3 is 0 Å². The van der Waals surface area contributed by atoms with Crippen molar-refractivity contribution in [1.29, 1.82) is 0 Å². The number of benzene rings is 2. The number of nitrogens with zero attached hydrogens (tertiary/aromatic N) is 1. The number of aromatic nitrogens is 1. The van der Waals surface area contributed by atoms with Gasteiger partial charge in [-0.3, -0.25) is 4.98 Å². The molecule has 0 radical (unpaired) electrons. The molecule has 0 fully saturated rings. The molecule has 2 atom stereocenters. The molecule has 3 aromatic rings. The van der Waals surface area contributed by atoms with Crippen LogP contribution in [0.25, 0.3) is 10.8 Å². The van der Waals surface area contributed by atoms with E-state index in [1.165, 1.54) is 34.7 Å². The Hall–Kier alpha value is -1.55. The zero-order valence-corrected chi connectivity index (χ0v) is 16.8. The Morgan fingerprint density at radius 2 is 1.81 bits per heavy atom. The van der Waals surface area contributed by atoms with Gasteiger partial charge in [-0.2, -0.15) is 12.6 Å². The molecule has 0 spiro atoms. The van der Waals surface area contributed by atoms with Crippen LogP contribution in [0.2, 0.25) is 0 Å². The van der Waals surface area contributed by atoms with Crippen LogP contribution in [0, 0.1) is 0 Å². The fraction of sp³-hybridized carbons (Fsp3) is 0.318. The molecule has 2 nitrogen and oxygen atoms in total. The van der Waals surface area contributed by atoms with Crippen LogP contribution in [0.15, 0.2) is 67.0 Å². The van der Waals surface area contributed by atoms with E-state index in [2.05, 4.69) is 71.8 Å². The summed E-state index contributed by atoms with van der Waals surface area (Å²) >= 11 is 4.74. The second-order valence-electron chi connectivity index (χ2n) is 6.70. The molecule has 0 bridgehead atoms. The van der Waals surface area contributed by atoms with Gasteiger partial charge in [0.1, 0.15) is 0 Å². The van der Waals surface area contributed by atoms with Crippen molar-refractivity contribution < 1.29 is 0 Å². The molecule has 0 saturated carbocycles. The molecule has 1 aromatic heterocycles. The number of rotatable bonds is 8. The van der Waals surface area contributed by atoms with Crippen molar-refractivity contribution in [3.05, 3.63) is 78.1 Å². The minimum atomic E-state index is 0. The Kier molecular flexibility index (Phi) is 8.43. The fourth-order valence-corrected chi connectivity index (χ4v) is 3.45. The van der Waals surface area contributed by atoms with Crippen LogP contribution in [-0.2, 0) is 6.54 Å². The summed E-state index contributed by atoms with van der Waals surface area (Å²) in [5, 5.41) is 6.42. The first-order valence-electron chi connectivity index (χ1n) is 9.01. The van der Waals surface area contributed by atoms with E-state index in [0.717, 1.165) is 13.0 Å². The minimum absolute atomic E-state index is 0. The van der Waals surface area contributed by atoms with Gasteiger partial charge < -0.3 is 5.32 Å². The molecule has 1 N–H and O–H groups in total. The molecule has 0 amide bonds. The van der Waals surface area contributed by atoms with E-state index >= 15 is 0 Å². The Balaban J connectivity index is 0.00000243. The van der Waals surface area contributed by atoms with Gasteiger partial charge in [0.2, 0.25) is 0 Å². The molecule has 0 saturated heterocycles. The summed E-state index contributed by atoms with van der Waals surface area (Å²) in [5.41, 5.74) is 2.64. The van der Waals surface area contributed by atoms with E-state index in [1.807, 2.05) is 12.4 Å². The molecule has 1 heterocycles. The van der Waals surface area contributed by atoms with E-state index in [4.69, 9.17) is 12.6 Å². The maximum Gasteiger partial charge on any atom is 0.0346 e. The number of hydrogen-bond acceptors (Lipinski definition) is 3. The number of fused-ring (bicyclic) bond motifs is 1. The minimum Gasteiger partial charge on any atom is -0.310 e. The second-order valence-corrected chi connectivity index (χ2v) is 7.32.